The van der Waals surface area contributed by atoms with Crippen LogP contribution in [-0.2, 0) is 6.18 Å². The van der Waals surface area contributed by atoms with E-state index in [1.165, 1.54) is 42.7 Å². The van der Waals surface area contributed by atoms with Gasteiger partial charge in [0.1, 0.15) is 11.5 Å². The maximum absolute atomic E-state index is 14.3. The van der Waals surface area contributed by atoms with E-state index in [0.29, 0.717) is 11.3 Å². The van der Waals surface area contributed by atoms with Crippen LogP contribution in [-0.4, -0.2) is 15.9 Å². The van der Waals surface area contributed by atoms with Gasteiger partial charge in [0.2, 0.25) is 0 Å². The second-order valence-corrected chi connectivity index (χ2v) is 6.08. The normalized spacial score (nSPS) is 12.5. The molecule has 2 aromatic heterocycles. The van der Waals surface area contributed by atoms with Crippen molar-refractivity contribution in [1.82, 2.24) is 15.3 Å². The van der Waals surface area contributed by atoms with Crippen LogP contribution in [0.5, 0.6) is 0 Å². The monoisotopic (exact) mass is 389 g/mol. The minimum atomic E-state index is -4.50. The molecule has 2 heterocycles. The molecule has 3 aromatic rings. The van der Waals surface area contributed by atoms with Crippen LogP contribution in [0.15, 0.2) is 60.9 Å². The number of carbonyl (C=O) groups excluding carboxylic acids is 1. The lowest BCUT2D eigenvalue weighted by Gasteiger charge is -2.20. The average molecular weight is 389 g/mol. The second-order valence-electron chi connectivity index (χ2n) is 6.08. The third-order valence-electron chi connectivity index (χ3n) is 4.07. The van der Waals surface area contributed by atoms with Gasteiger partial charge in [-0.3, -0.25) is 14.8 Å². The van der Waals surface area contributed by atoms with Gasteiger partial charge < -0.3 is 5.32 Å². The van der Waals surface area contributed by atoms with Crippen molar-refractivity contribution in [1.29, 1.82) is 0 Å². The summed E-state index contributed by atoms with van der Waals surface area (Å²) in [6, 6.07) is 8.68. The highest BCUT2D eigenvalue weighted by Gasteiger charge is 2.31. The fraction of sp³-hybridized carbons (Fsp3) is 0.150. The molecule has 144 valence electrons. The molecule has 0 aliphatic rings. The van der Waals surface area contributed by atoms with Crippen molar-refractivity contribution in [2.75, 3.05) is 0 Å². The van der Waals surface area contributed by atoms with E-state index in [-0.39, 0.29) is 11.3 Å². The van der Waals surface area contributed by atoms with Crippen LogP contribution >= 0.6 is 0 Å². The molecule has 28 heavy (non-hydrogen) atoms. The number of hydrogen-bond donors (Lipinski definition) is 1. The molecule has 0 saturated heterocycles. The summed E-state index contributed by atoms with van der Waals surface area (Å²) in [5, 5.41) is 2.64. The summed E-state index contributed by atoms with van der Waals surface area (Å²) in [7, 11) is 0. The summed E-state index contributed by atoms with van der Waals surface area (Å²) in [4.78, 5) is 20.6. The Morgan fingerprint density at radius 3 is 2.36 bits per heavy atom. The first-order valence-corrected chi connectivity index (χ1v) is 8.27. The number of hydrogen-bond acceptors (Lipinski definition) is 3. The van der Waals surface area contributed by atoms with Crippen LogP contribution in [0.25, 0.3) is 0 Å². The van der Waals surface area contributed by atoms with Crippen LogP contribution in [0.4, 0.5) is 17.6 Å². The summed E-state index contributed by atoms with van der Waals surface area (Å²) in [5.41, 5.74) is 0.238. The van der Waals surface area contributed by atoms with E-state index in [9.17, 15) is 22.4 Å². The largest absolute Gasteiger partial charge is 0.416 e. The number of pyridine rings is 2. The molecule has 0 saturated carbocycles. The fourth-order valence-electron chi connectivity index (χ4n) is 2.69. The lowest BCUT2D eigenvalue weighted by Crippen LogP contribution is -2.30. The Morgan fingerprint density at radius 1 is 1.04 bits per heavy atom. The zero-order valence-corrected chi connectivity index (χ0v) is 14.7. The number of carbonyl (C=O) groups is 1. The lowest BCUT2D eigenvalue weighted by molar-refractivity contribution is -0.137. The Morgan fingerprint density at radius 2 is 1.75 bits per heavy atom. The number of nitrogens with zero attached hydrogens (tertiary/aromatic N) is 2. The van der Waals surface area contributed by atoms with Gasteiger partial charge in [0.25, 0.3) is 5.91 Å². The van der Waals surface area contributed by atoms with Crippen molar-refractivity contribution >= 4 is 5.91 Å². The molecule has 4 nitrogen and oxygen atoms in total. The molecule has 0 radical (unpaired) electrons. The van der Waals surface area contributed by atoms with Gasteiger partial charge in [-0.1, -0.05) is 12.1 Å². The van der Waals surface area contributed by atoms with E-state index in [1.54, 1.807) is 13.0 Å². The van der Waals surface area contributed by atoms with Crippen LogP contribution < -0.4 is 5.32 Å². The van der Waals surface area contributed by atoms with Gasteiger partial charge in [-0.25, -0.2) is 4.39 Å². The Bertz CT molecular complexity index is 987. The molecule has 0 fully saturated rings. The van der Waals surface area contributed by atoms with Crippen molar-refractivity contribution in [3.05, 3.63) is 94.8 Å². The Kier molecular flexibility index (Phi) is 5.39. The SMILES string of the molecule is Cc1cc(C(=O)NC(c2ccc(C(F)(F)F)cc2)c2ncccc2F)ccn1. The first-order chi connectivity index (χ1) is 13.3. The van der Waals surface area contributed by atoms with Gasteiger partial charge in [-0.15, -0.1) is 0 Å². The summed E-state index contributed by atoms with van der Waals surface area (Å²) in [6.07, 6.45) is -1.70. The van der Waals surface area contributed by atoms with Gasteiger partial charge >= 0.3 is 6.18 Å². The number of aromatic nitrogens is 2. The summed E-state index contributed by atoms with van der Waals surface area (Å²) >= 11 is 0. The summed E-state index contributed by atoms with van der Waals surface area (Å²) in [5.74, 6) is -1.21. The highest BCUT2D eigenvalue weighted by atomic mass is 19.4. The highest BCUT2D eigenvalue weighted by molar-refractivity contribution is 5.94. The van der Waals surface area contributed by atoms with Gasteiger partial charge in [-0.2, -0.15) is 13.2 Å². The second kappa shape index (κ2) is 7.75. The number of benzene rings is 1. The van der Waals surface area contributed by atoms with Crippen LogP contribution in [0, 0.1) is 12.7 Å². The molecule has 1 aromatic carbocycles. The number of alkyl halides is 3. The molecular formula is C20H15F4N3O. The van der Waals surface area contributed by atoms with Crippen molar-refractivity contribution in [3.63, 3.8) is 0 Å². The molecular weight excluding hydrogens is 374 g/mol. The van der Waals surface area contributed by atoms with Gasteiger partial charge in [-0.05, 0) is 48.9 Å². The average Bonchev–Trinajstić information content (AvgIpc) is 2.66. The molecule has 0 aliphatic carbocycles. The number of halogens is 4. The highest BCUT2D eigenvalue weighted by Crippen LogP contribution is 2.31. The van der Waals surface area contributed by atoms with E-state index in [1.807, 2.05) is 0 Å². The predicted octanol–water partition coefficient (Wildman–Crippen LogP) is 4.46. The maximum Gasteiger partial charge on any atom is 0.416 e. The zero-order valence-electron chi connectivity index (χ0n) is 14.7. The molecule has 1 amide bonds. The number of aryl methyl sites for hydroxylation is 1. The number of nitrogens with one attached hydrogen (secondary N) is 1. The Labute approximate surface area is 158 Å². The summed E-state index contributed by atoms with van der Waals surface area (Å²) < 4.78 is 52.8. The molecule has 1 atom stereocenters. The van der Waals surface area contributed by atoms with Crippen molar-refractivity contribution in [2.45, 2.75) is 19.1 Å². The molecule has 8 heteroatoms. The first-order valence-electron chi connectivity index (χ1n) is 8.27. The third-order valence-corrected chi connectivity index (χ3v) is 4.07. The Hall–Kier alpha value is -3.29. The van der Waals surface area contributed by atoms with Crippen LogP contribution in [0.3, 0.4) is 0 Å². The standard InChI is InChI=1S/C20H15F4N3O/c1-12-11-14(8-10-25-12)19(28)27-17(18-16(21)3-2-9-26-18)13-4-6-15(7-5-13)20(22,23)24/h2-11,17H,1H3,(H,27,28). The molecule has 0 bridgehead atoms. The minimum absolute atomic E-state index is 0.0959. The van der Waals surface area contributed by atoms with Crippen molar-refractivity contribution in [3.8, 4) is 0 Å². The quantitative estimate of drug-likeness (QED) is 0.671. The van der Waals surface area contributed by atoms with Gasteiger partial charge in [0.05, 0.1) is 11.6 Å². The molecule has 0 aliphatic heterocycles. The first kappa shape index (κ1) is 19.5. The zero-order chi connectivity index (χ0) is 20.3. The number of amides is 1. The van der Waals surface area contributed by atoms with E-state index >= 15 is 0 Å². The predicted molar refractivity (Wildman–Crippen MR) is 93.9 cm³/mol. The van der Waals surface area contributed by atoms with Crippen LogP contribution in [0.1, 0.15) is 38.9 Å². The topological polar surface area (TPSA) is 54.9 Å². The van der Waals surface area contributed by atoms with E-state index in [2.05, 4.69) is 15.3 Å². The number of rotatable bonds is 4. The van der Waals surface area contributed by atoms with Crippen LogP contribution in [0.2, 0.25) is 0 Å². The third kappa shape index (κ3) is 4.33. The van der Waals surface area contributed by atoms with Gasteiger partial charge in [0, 0.05) is 23.7 Å². The van der Waals surface area contributed by atoms with E-state index in [0.717, 1.165) is 12.1 Å². The van der Waals surface area contributed by atoms with Crippen molar-refractivity contribution < 1.29 is 22.4 Å². The van der Waals surface area contributed by atoms with E-state index in [4.69, 9.17) is 0 Å². The van der Waals surface area contributed by atoms with Gasteiger partial charge in [0.15, 0.2) is 0 Å². The Balaban J connectivity index is 1.99. The summed E-state index contributed by atoms with van der Waals surface area (Å²) in [6.45, 7) is 1.71. The molecule has 3 rings (SSSR count). The fourth-order valence-corrected chi connectivity index (χ4v) is 2.69. The maximum atomic E-state index is 14.3. The van der Waals surface area contributed by atoms with Crippen molar-refractivity contribution in [2.24, 2.45) is 0 Å². The lowest BCUT2D eigenvalue weighted by atomic mass is 10.00. The molecule has 0 spiro atoms. The smallest absolute Gasteiger partial charge is 0.339 e. The minimum Gasteiger partial charge on any atom is -0.339 e. The molecule has 1 N–H and O–H groups in total. The molecule has 1 unspecified atom stereocenters. The van der Waals surface area contributed by atoms with E-state index < -0.39 is 29.5 Å².